The van der Waals surface area contributed by atoms with Gasteiger partial charge >= 0.3 is 0 Å². The van der Waals surface area contributed by atoms with Crippen LogP contribution in [0.15, 0.2) is 18.2 Å². The predicted molar refractivity (Wildman–Crippen MR) is 75.5 cm³/mol. The van der Waals surface area contributed by atoms with Crippen LogP contribution in [-0.2, 0) is 0 Å². The monoisotopic (exact) mass is 261 g/mol. The number of rotatable bonds is 1. The van der Waals surface area contributed by atoms with Gasteiger partial charge in [0.15, 0.2) is 0 Å². The van der Waals surface area contributed by atoms with Gasteiger partial charge in [-0.3, -0.25) is 0 Å². The Balaban J connectivity index is 1.88. The summed E-state index contributed by atoms with van der Waals surface area (Å²) in [6, 6.07) is 6.04. The predicted octanol–water partition coefficient (Wildman–Crippen LogP) is 3.43. The smallest absolute Gasteiger partial charge is 0.125 e. The molecule has 3 rings (SSSR count). The molecule has 1 spiro atoms. The molecule has 3 nitrogen and oxygen atoms in total. The molecule has 3 heteroatoms. The number of fused-ring (bicyclic) bond motifs is 1. The molecule has 104 valence electrons. The Kier molecular flexibility index (Phi) is 3.17. The maximum atomic E-state index is 6.37. The molecule has 0 saturated heterocycles. The van der Waals surface area contributed by atoms with E-state index in [0.29, 0.717) is 0 Å². The molecule has 0 bridgehead atoms. The normalized spacial score (nSPS) is 33.6. The topological polar surface area (TPSA) is 44.5 Å². The highest BCUT2D eigenvalue weighted by Gasteiger charge is 2.42. The van der Waals surface area contributed by atoms with Crippen LogP contribution < -0.4 is 15.2 Å². The molecule has 1 heterocycles. The van der Waals surface area contributed by atoms with E-state index in [4.69, 9.17) is 15.2 Å². The van der Waals surface area contributed by atoms with Gasteiger partial charge in [-0.25, -0.2) is 0 Å². The Bertz CT molecular complexity index is 464. The van der Waals surface area contributed by atoms with Gasteiger partial charge in [-0.1, -0.05) is 6.92 Å². The quantitative estimate of drug-likeness (QED) is 0.842. The Hall–Kier alpha value is -1.22. The van der Waals surface area contributed by atoms with Crippen LogP contribution in [0.25, 0.3) is 0 Å². The standard InChI is InChI=1S/C16H23NO2/c1-11-5-7-16(8-6-11)10-14(17)13-9-12(18-2)3-4-15(13)19-16/h3-4,9,11,14H,5-8,10,17H2,1-2H3/t11?,14-,16?/m1/s1. The van der Waals surface area contributed by atoms with Crippen molar-refractivity contribution in [2.24, 2.45) is 11.7 Å². The summed E-state index contributed by atoms with van der Waals surface area (Å²) >= 11 is 0. The molecular weight excluding hydrogens is 238 g/mol. The molecule has 2 aliphatic rings. The summed E-state index contributed by atoms with van der Waals surface area (Å²) in [4.78, 5) is 0. The second-order valence-electron chi connectivity index (χ2n) is 6.18. The zero-order chi connectivity index (χ0) is 13.5. The Morgan fingerprint density at radius 3 is 2.74 bits per heavy atom. The van der Waals surface area contributed by atoms with Crippen LogP contribution in [0.1, 0.15) is 50.6 Å². The molecule has 1 atom stereocenters. The Labute approximate surface area is 115 Å². The summed E-state index contributed by atoms with van der Waals surface area (Å²) in [6.45, 7) is 2.33. The highest BCUT2D eigenvalue weighted by atomic mass is 16.5. The van der Waals surface area contributed by atoms with Crippen molar-refractivity contribution in [3.63, 3.8) is 0 Å². The summed E-state index contributed by atoms with van der Waals surface area (Å²) in [5.41, 5.74) is 7.44. The number of hydrogen-bond donors (Lipinski definition) is 1. The van der Waals surface area contributed by atoms with Gasteiger partial charge in [0.25, 0.3) is 0 Å². The fourth-order valence-electron chi connectivity index (χ4n) is 3.42. The minimum Gasteiger partial charge on any atom is -0.497 e. The van der Waals surface area contributed by atoms with Gasteiger partial charge in [-0.05, 0) is 49.8 Å². The van der Waals surface area contributed by atoms with Crippen molar-refractivity contribution < 1.29 is 9.47 Å². The number of nitrogens with two attached hydrogens (primary N) is 1. The lowest BCUT2D eigenvalue weighted by Crippen LogP contribution is -2.45. The van der Waals surface area contributed by atoms with E-state index in [9.17, 15) is 0 Å². The van der Waals surface area contributed by atoms with Crippen LogP contribution in [0.4, 0.5) is 0 Å². The molecule has 0 unspecified atom stereocenters. The average molecular weight is 261 g/mol. The van der Waals surface area contributed by atoms with Crippen LogP contribution in [0.2, 0.25) is 0 Å². The molecule has 1 aromatic carbocycles. The minimum atomic E-state index is -0.0203. The molecule has 2 N–H and O–H groups in total. The van der Waals surface area contributed by atoms with Gasteiger partial charge < -0.3 is 15.2 Å². The molecule has 1 saturated carbocycles. The second kappa shape index (κ2) is 4.71. The van der Waals surface area contributed by atoms with Crippen molar-refractivity contribution in [1.29, 1.82) is 0 Å². The van der Waals surface area contributed by atoms with E-state index in [0.717, 1.165) is 42.2 Å². The van der Waals surface area contributed by atoms with Gasteiger partial charge in [0.1, 0.15) is 17.1 Å². The maximum absolute atomic E-state index is 6.37. The van der Waals surface area contributed by atoms with Gasteiger partial charge in [0.2, 0.25) is 0 Å². The molecule has 0 radical (unpaired) electrons. The molecule has 1 aliphatic carbocycles. The largest absolute Gasteiger partial charge is 0.497 e. The Morgan fingerprint density at radius 1 is 1.32 bits per heavy atom. The fraction of sp³-hybridized carbons (Fsp3) is 0.625. The van der Waals surface area contributed by atoms with Crippen LogP contribution >= 0.6 is 0 Å². The van der Waals surface area contributed by atoms with E-state index in [2.05, 4.69) is 6.92 Å². The van der Waals surface area contributed by atoms with Crippen molar-refractivity contribution in [3.8, 4) is 11.5 Å². The van der Waals surface area contributed by atoms with E-state index >= 15 is 0 Å². The number of benzene rings is 1. The first-order valence-corrected chi connectivity index (χ1v) is 7.24. The van der Waals surface area contributed by atoms with Crippen LogP contribution in [-0.4, -0.2) is 12.7 Å². The molecule has 1 aliphatic heterocycles. The highest BCUT2D eigenvalue weighted by Crippen LogP contribution is 2.47. The maximum Gasteiger partial charge on any atom is 0.125 e. The first kappa shape index (κ1) is 12.8. The highest BCUT2D eigenvalue weighted by molar-refractivity contribution is 5.44. The van der Waals surface area contributed by atoms with Gasteiger partial charge in [-0.2, -0.15) is 0 Å². The fourth-order valence-corrected chi connectivity index (χ4v) is 3.42. The number of ether oxygens (including phenoxy) is 2. The van der Waals surface area contributed by atoms with E-state index in [1.54, 1.807) is 7.11 Å². The molecule has 1 fully saturated rings. The molecule has 0 aromatic heterocycles. The van der Waals surface area contributed by atoms with Crippen molar-refractivity contribution in [2.75, 3.05) is 7.11 Å². The molecule has 19 heavy (non-hydrogen) atoms. The third-order valence-corrected chi connectivity index (χ3v) is 4.72. The summed E-state index contributed by atoms with van der Waals surface area (Å²) in [5, 5.41) is 0. The average Bonchev–Trinajstić information content (AvgIpc) is 2.42. The van der Waals surface area contributed by atoms with E-state index < -0.39 is 0 Å². The van der Waals surface area contributed by atoms with Crippen molar-refractivity contribution in [1.82, 2.24) is 0 Å². The zero-order valence-corrected chi connectivity index (χ0v) is 11.8. The third kappa shape index (κ3) is 2.32. The summed E-state index contributed by atoms with van der Waals surface area (Å²) < 4.78 is 11.6. The Morgan fingerprint density at radius 2 is 2.05 bits per heavy atom. The lowest BCUT2D eigenvalue weighted by molar-refractivity contribution is -0.00861. The van der Waals surface area contributed by atoms with E-state index in [-0.39, 0.29) is 11.6 Å². The second-order valence-corrected chi connectivity index (χ2v) is 6.18. The zero-order valence-electron chi connectivity index (χ0n) is 11.8. The first-order valence-electron chi connectivity index (χ1n) is 7.24. The van der Waals surface area contributed by atoms with Crippen LogP contribution in [0.5, 0.6) is 11.5 Å². The van der Waals surface area contributed by atoms with Gasteiger partial charge in [0, 0.05) is 18.0 Å². The number of hydrogen-bond acceptors (Lipinski definition) is 3. The third-order valence-electron chi connectivity index (χ3n) is 4.72. The van der Waals surface area contributed by atoms with E-state index in [1.165, 1.54) is 12.8 Å². The van der Waals surface area contributed by atoms with Crippen LogP contribution in [0.3, 0.4) is 0 Å². The molecule has 0 amide bonds. The van der Waals surface area contributed by atoms with Crippen molar-refractivity contribution >= 4 is 0 Å². The molecular formula is C16H23NO2. The van der Waals surface area contributed by atoms with Gasteiger partial charge in [0.05, 0.1) is 7.11 Å². The number of methoxy groups -OCH3 is 1. The molecule has 1 aromatic rings. The summed E-state index contributed by atoms with van der Waals surface area (Å²) in [7, 11) is 1.68. The van der Waals surface area contributed by atoms with Crippen molar-refractivity contribution in [3.05, 3.63) is 23.8 Å². The van der Waals surface area contributed by atoms with E-state index in [1.807, 2.05) is 18.2 Å². The lowest BCUT2D eigenvalue weighted by atomic mass is 9.74. The minimum absolute atomic E-state index is 0.0203. The van der Waals surface area contributed by atoms with Crippen molar-refractivity contribution in [2.45, 2.75) is 50.7 Å². The first-order chi connectivity index (χ1) is 9.12. The SMILES string of the molecule is COc1ccc2c(c1)[C@H](N)CC1(CCC(C)CC1)O2. The summed E-state index contributed by atoms with van der Waals surface area (Å²) in [5.74, 6) is 2.63. The van der Waals surface area contributed by atoms with Crippen LogP contribution in [0, 0.1) is 5.92 Å². The lowest BCUT2D eigenvalue weighted by Gasteiger charge is -2.45. The summed E-state index contributed by atoms with van der Waals surface area (Å²) in [6.07, 6.45) is 5.69. The van der Waals surface area contributed by atoms with Gasteiger partial charge in [-0.15, -0.1) is 0 Å².